The number of carbonyl (C=O) groups excluding carboxylic acids is 2. The lowest BCUT2D eigenvalue weighted by Gasteiger charge is -2.17. The van der Waals surface area contributed by atoms with E-state index in [2.05, 4.69) is 15.6 Å². The molecule has 0 radical (unpaired) electrons. The fourth-order valence-electron chi connectivity index (χ4n) is 3.13. The molecule has 0 unspecified atom stereocenters. The maximum absolute atomic E-state index is 12.8. The van der Waals surface area contributed by atoms with Gasteiger partial charge in [-0.25, -0.2) is 4.98 Å². The van der Waals surface area contributed by atoms with Gasteiger partial charge in [0.1, 0.15) is 0 Å². The number of hydrogen-bond acceptors (Lipinski definition) is 4. The van der Waals surface area contributed by atoms with Gasteiger partial charge in [0.15, 0.2) is 11.5 Å². The van der Waals surface area contributed by atoms with Gasteiger partial charge in [0.05, 0.1) is 5.69 Å². The molecule has 144 valence electrons. The topological polar surface area (TPSA) is 79.3 Å². The van der Waals surface area contributed by atoms with Crippen LogP contribution in [0.1, 0.15) is 39.6 Å². The second-order valence-electron chi connectivity index (χ2n) is 6.86. The van der Waals surface area contributed by atoms with Crippen molar-refractivity contribution in [3.05, 3.63) is 46.5 Å². The quantitative estimate of drug-likeness (QED) is 0.795. The molecule has 3 rings (SSSR count). The van der Waals surface area contributed by atoms with Gasteiger partial charge >= 0.3 is 0 Å². The summed E-state index contributed by atoms with van der Waals surface area (Å²) in [4.78, 5) is 31.7. The van der Waals surface area contributed by atoms with Crippen molar-refractivity contribution in [1.82, 2.24) is 19.8 Å². The Balaban J connectivity index is 1.82. The van der Waals surface area contributed by atoms with Crippen molar-refractivity contribution in [2.45, 2.75) is 25.8 Å². The fraction of sp³-hybridized carbons (Fsp3) is 0.421. The highest BCUT2D eigenvalue weighted by Crippen LogP contribution is 2.23. The Kier molecular flexibility index (Phi) is 6.13. The molecule has 0 spiro atoms. The summed E-state index contributed by atoms with van der Waals surface area (Å²) in [5.74, 6) is -0.267. The van der Waals surface area contributed by atoms with Crippen LogP contribution in [0.15, 0.2) is 24.3 Å². The monoisotopic (exact) mass is 389 g/mol. The number of fused-ring (bicyclic) bond motifs is 1. The van der Waals surface area contributed by atoms with Crippen molar-refractivity contribution in [2.75, 3.05) is 32.5 Å². The minimum atomic E-state index is -0.324. The number of nitrogens with one attached hydrogen (secondary N) is 2. The Morgan fingerprint density at radius 1 is 1.26 bits per heavy atom. The minimum absolute atomic E-state index is 0.248. The molecule has 0 saturated heterocycles. The fourth-order valence-corrected chi connectivity index (χ4v) is 3.32. The third-order valence-electron chi connectivity index (χ3n) is 4.46. The maximum atomic E-state index is 12.8. The molecule has 0 fully saturated rings. The maximum Gasteiger partial charge on any atom is 0.287 e. The number of likely N-dealkylation sites (N-methyl/N-ethyl adjacent to an activating group) is 1. The van der Waals surface area contributed by atoms with Gasteiger partial charge in [-0.2, -0.15) is 0 Å². The summed E-state index contributed by atoms with van der Waals surface area (Å²) in [6.07, 6.45) is 2.68. The summed E-state index contributed by atoms with van der Waals surface area (Å²) < 4.78 is 1.88. The number of aromatic nitrogens is 2. The molecule has 2 N–H and O–H groups in total. The van der Waals surface area contributed by atoms with Gasteiger partial charge in [-0.3, -0.25) is 9.59 Å². The Bertz CT molecular complexity index is 847. The summed E-state index contributed by atoms with van der Waals surface area (Å²) in [5.41, 5.74) is 1.73. The second kappa shape index (κ2) is 8.54. The van der Waals surface area contributed by atoms with E-state index >= 15 is 0 Å². The zero-order valence-corrected chi connectivity index (χ0v) is 16.3. The van der Waals surface area contributed by atoms with Crippen LogP contribution < -0.4 is 10.6 Å². The first-order valence-electron chi connectivity index (χ1n) is 9.05. The lowest BCUT2D eigenvalue weighted by Crippen LogP contribution is -2.33. The van der Waals surface area contributed by atoms with E-state index in [1.54, 1.807) is 24.3 Å². The molecule has 8 heteroatoms. The van der Waals surface area contributed by atoms with Crippen LogP contribution in [-0.2, 0) is 13.0 Å². The summed E-state index contributed by atoms with van der Waals surface area (Å²) in [5, 5.41) is 6.24. The highest BCUT2D eigenvalue weighted by molar-refractivity contribution is 6.31. The molecule has 2 aromatic rings. The number of amides is 2. The third kappa shape index (κ3) is 4.67. The Morgan fingerprint density at radius 3 is 2.81 bits per heavy atom. The highest BCUT2D eigenvalue weighted by atomic mass is 35.5. The summed E-state index contributed by atoms with van der Waals surface area (Å²) in [6, 6.07) is 6.95. The van der Waals surface area contributed by atoms with Gasteiger partial charge in [0.25, 0.3) is 11.8 Å². The van der Waals surface area contributed by atoms with Crippen molar-refractivity contribution >= 4 is 29.1 Å². The smallest absolute Gasteiger partial charge is 0.287 e. The molecule has 2 amide bonds. The molecule has 0 atom stereocenters. The zero-order valence-electron chi connectivity index (χ0n) is 15.6. The largest absolute Gasteiger partial charge is 0.348 e. The molecule has 0 bridgehead atoms. The van der Waals surface area contributed by atoms with Gasteiger partial charge < -0.3 is 20.1 Å². The van der Waals surface area contributed by atoms with E-state index < -0.39 is 0 Å². The van der Waals surface area contributed by atoms with Crippen LogP contribution in [0, 0.1) is 0 Å². The summed E-state index contributed by atoms with van der Waals surface area (Å²) in [6.45, 7) is 1.96. The molecule has 1 aromatic heterocycles. The molecule has 0 saturated carbocycles. The molecular weight excluding hydrogens is 366 g/mol. The first-order valence-corrected chi connectivity index (χ1v) is 9.42. The molecular formula is C19H24ClN5O2. The van der Waals surface area contributed by atoms with E-state index in [1.807, 2.05) is 23.6 Å². The minimum Gasteiger partial charge on any atom is -0.348 e. The number of anilines is 1. The van der Waals surface area contributed by atoms with Crippen molar-refractivity contribution in [3.8, 4) is 0 Å². The number of carbonyl (C=O) groups is 2. The summed E-state index contributed by atoms with van der Waals surface area (Å²) in [7, 11) is 3.89. The van der Waals surface area contributed by atoms with Crippen LogP contribution in [0.25, 0.3) is 0 Å². The van der Waals surface area contributed by atoms with E-state index in [1.165, 1.54) is 0 Å². The SMILES string of the molecule is CN(C)CCNC(=O)c1nc(C(=O)Nc2cccc(Cl)c2)c2n1CCCC2. The van der Waals surface area contributed by atoms with Gasteiger partial charge in [-0.1, -0.05) is 17.7 Å². The highest BCUT2D eigenvalue weighted by Gasteiger charge is 2.27. The van der Waals surface area contributed by atoms with E-state index in [9.17, 15) is 9.59 Å². The number of benzene rings is 1. The van der Waals surface area contributed by atoms with Gasteiger partial charge in [0.2, 0.25) is 0 Å². The van der Waals surface area contributed by atoms with Crippen LogP contribution in [-0.4, -0.2) is 53.5 Å². The molecule has 7 nitrogen and oxygen atoms in total. The Morgan fingerprint density at radius 2 is 2.07 bits per heavy atom. The predicted molar refractivity (Wildman–Crippen MR) is 105 cm³/mol. The molecule has 1 aliphatic rings. The normalized spacial score (nSPS) is 13.3. The Labute approximate surface area is 163 Å². The number of nitrogens with zero attached hydrogens (tertiary/aromatic N) is 3. The lowest BCUT2D eigenvalue weighted by molar-refractivity contribution is 0.0935. The van der Waals surface area contributed by atoms with E-state index in [4.69, 9.17) is 11.6 Å². The molecule has 27 heavy (non-hydrogen) atoms. The number of rotatable bonds is 6. The van der Waals surface area contributed by atoms with Crippen LogP contribution in [0.5, 0.6) is 0 Å². The van der Waals surface area contributed by atoms with Crippen LogP contribution in [0.4, 0.5) is 5.69 Å². The molecule has 2 heterocycles. The van der Waals surface area contributed by atoms with Crippen LogP contribution in [0.3, 0.4) is 0 Å². The lowest BCUT2D eigenvalue weighted by atomic mass is 10.1. The molecule has 1 aliphatic heterocycles. The van der Waals surface area contributed by atoms with Gasteiger partial charge in [-0.15, -0.1) is 0 Å². The van der Waals surface area contributed by atoms with Crippen molar-refractivity contribution in [2.24, 2.45) is 0 Å². The first-order chi connectivity index (χ1) is 13.0. The second-order valence-corrected chi connectivity index (χ2v) is 7.30. The first kappa shape index (κ1) is 19.4. The molecule has 1 aromatic carbocycles. The standard InChI is InChI=1S/C19H24ClN5O2/c1-24(2)11-9-21-19(27)17-23-16(15-8-3-4-10-25(15)17)18(26)22-14-7-5-6-13(20)12-14/h5-7,12H,3-4,8-11H2,1-2H3,(H,21,27)(H,22,26). The van der Waals surface area contributed by atoms with E-state index in [0.29, 0.717) is 35.3 Å². The van der Waals surface area contributed by atoms with E-state index in [0.717, 1.165) is 31.5 Å². The molecule has 0 aliphatic carbocycles. The van der Waals surface area contributed by atoms with E-state index in [-0.39, 0.29) is 11.8 Å². The number of hydrogen-bond donors (Lipinski definition) is 2. The summed E-state index contributed by atoms with van der Waals surface area (Å²) >= 11 is 5.98. The number of imidazole rings is 1. The third-order valence-corrected chi connectivity index (χ3v) is 4.70. The van der Waals surface area contributed by atoms with Gasteiger partial charge in [0, 0.05) is 30.3 Å². The average molecular weight is 390 g/mol. The predicted octanol–water partition coefficient (Wildman–Crippen LogP) is 2.42. The van der Waals surface area contributed by atoms with Crippen molar-refractivity contribution < 1.29 is 9.59 Å². The average Bonchev–Trinajstić information content (AvgIpc) is 3.01. The number of halogens is 1. The Hall–Kier alpha value is -2.38. The van der Waals surface area contributed by atoms with Crippen LogP contribution >= 0.6 is 11.6 Å². The van der Waals surface area contributed by atoms with Crippen molar-refractivity contribution in [3.63, 3.8) is 0 Å². The zero-order chi connectivity index (χ0) is 19.4. The van der Waals surface area contributed by atoms with Crippen LogP contribution in [0.2, 0.25) is 5.02 Å². The van der Waals surface area contributed by atoms with Gasteiger partial charge in [-0.05, 0) is 51.6 Å². The van der Waals surface area contributed by atoms with Crippen molar-refractivity contribution in [1.29, 1.82) is 0 Å².